The average molecular weight is 290 g/mol. The summed E-state index contributed by atoms with van der Waals surface area (Å²) in [7, 11) is 0. The van der Waals surface area contributed by atoms with E-state index in [9.17, 15) is 4.79 Å². The molecule has 1 saturated heterocycles. The van der Waals surface area contributed by atoms with E-state index in [1.54, 1.807) is 6.92 Å². The molecule has 1 aliphatic rings. The predicted octanol–water partition coefficient (Wildman–Crippen LogP) is 1.39. The molecule has 0 spiro atoms. The molecule has 1 aromatic heterocycles. The molecule has 0 radical (unpaired) electrons. The summed E-state index contributed by atoms with van der Waals surface area (Å²) in [4.78, 5) is 14.4. The summed E-state index contributed by atoms with van der Waals surface area (Å²) in [5, 5.41) is 15.1. The van der Waals surface area contributed by atoms with Crippen molar-refractivity contribution in [2.45, 2.75) is 33.2 Å². The molecular weight excluding hydrogens is 268 g/mol. The lowest BCUT2D eigenvalue weighted by atomic mass is 10.1. The first-order valence-corrected chi connectivity index (χ1v) is 7.31. The molecule has 0 aliphatic carbocycles. The molecule has 0 unspecified atom stereocenters. The number of carbonyl (C=O) groups is 1. The quantitative estimate of drug-likeness (QED) is 0.827. The largest absolute Gasteiger partial charge is 0.444 e. The summed E-state index contributed by atoms with van der Waals surface area (Å²) < 4.78 is 5.46. The second-order valence-corrected chi connectivity index (χ2v) is 5.43. The predicted molar refractivity (Wildman–Crippen MR) is 80.0 cm³/mol. The van der Waals surface area contributed by atoms with Crippen molar-refractivity contribution in [2.24, 2.45) is 0 Å². The van der Waals surface area contributed by atoms with Crippen molar-refractivity contribution in [3.63, 3.8) is 0 Å². The van der Waals surface area contributed by atoms with Crippen LogP contribution >= 0.6 is 0 Å². The number of hydrogen-bond acceptors (Lipinski definition) is 5. The Morgan fingerprint density at radius 1 is 1.52 bits per heavy atom. The van der Waals surface area contributed by atoms with Gasteiger partial charge in [0.25, 0.3) is 0 Å². The summed E-state index contributed by atoms with van der Waals surface area (Å²) in [6.45, 7) is 8.77. The van der Waals surface area contributed by atoms with E-state index in [4.69, 9.17) is 9.68 Å². The van der Waals surface area contributed by atoms with Crippen molar-refractivity contribution < 1.29 is 9.21 Å². The molecule has 0 atom stereocenters. The highest BCUT2D eigenvalue weighted by Crippen LogP contribution is 2.25. The van der Waals surface area contributed by atoms with Gasteiger partial charge < -0.3 is 9.73 Å². The van der Waals surface area contributed by atoms with Crippen LogP contribution in [0.4, 0.5) is 5.88 Å². The lowest BCUT2D eigenvalue weighted by Gasteiger charge is -2.37. The van der Waals surface area contributed by atoms with E-state index in [2.05, 4.69) is 28.5 Å². The maximum absolute atomic E-state index is 12.2. The zero-order chi connectivity index (χ0) is 15.4. The summed E-state index contributed by atoms with van der Waals surface area (Å²) in [5.41, 5.74) is 1.19. The minimum atomic E-state index is -0.138. The molecular formula is C15H22N4O2. The van der Waals surface area contributed by atoms with Crippen molar-refractivity contribution in [3.05, 3.63) is 16.9 Å². The van der Waals surface area contributed by atoms with Gasteiger partial charge in [-0.3, -0.25) is 15.0 Å². The van der Waals surface area contributed by atoms with Gasteiger partial charge in [-0.25, -0.2) is 0 Å². The van der Waals surface area contributed by atoms with Crippen LogP contribution in [0.1, 0.15) is 30.2 Å². The molecule has 0 bridgehead atoms. The van der Waals surface area contributed by atoms with Crippen LogP contribution in [0.5, 0.6) is 0 Å². The van der Waals surface area contributed by atoms with E-state index in [0.717, 1.165) is 31.6 Å². The molecule has 0 aromatic carbocycles. The van der Waals surface area contributed by atoms with Crippen LogP contribution in [-0.4, -0.2) is 43.0 Å². The molecule has 21 heavy (non-hydrogen) atoms. The first-order valence-electron chi connectivity index (χ1n) is 7.31. The lowest BCUT2D eigenvalue weighted by molar-refractivity contribution is -0.118. The minimum Gasteiger partial charge on any atom is -0.444 e. The normalized spacial score (nSPS) is 14.8. The second-order valence-electron chi connectivity index (χ2n) is 5.43. The maximum atomic E-state index is 12.2. The van der Waals surface area contributed by atoms with Gasteiger partial charge in [0.15, 0.2) is 0 Å². The highest BCUT2D eigenvalue weighted by Gasteiger charge is 2.26. The molecule has 2 N–H and O–H groups in total. The highest BCUT2D eigenvalue weighted by atomic mass is 16.4. The van der Waals surface area contributed by atoms with Gasteiger partial charge in [-0.15, -0.1) is 0 Å². The number of amides is 1. The van der Waals surface area contributed by atoms with E-state index in [-0.39, 0.29) is 11.8 Å². The number of rotatable bonds is 6. The Bertz CT molecular complexity index is 555. The first-order chi connectivity index (χ1) is 10.1. The smallest absolute Gasteiger partial charge is 0.240 e. The second kappa shape index (κ2) is 6.74. The molecule has 1 fully saturated rings. The highest BCUT2D eigenvalue weighted by molar-refractivity contribution is 5.92. The minimum absolute atomic E-state index is 0.138. The van der Waals surface area contributed by atoms with Crippen LogP contribution in [0.2, 0.25) is 0 Å². The number of aryl methyl sites for hydroxylation is 1. The van der Waals surface area contributed by atoms with Gasteiger partial charge >= 0.3 is 0 Å². The van der Waals surface area contributed by atoms with E-state index in [1.165, 1.54) is 0 Å². The molecule has 2 rings (SSSR count). The number of hydrogen-bond donors (Lipinski definition) is 2. The fourth-order valence-electron chi connectivity index (χ4n) is 2.41. The monoisotopic (exact) mass is 290 g/mol. The van der Waals surface area contributed by atoms with Crippen molar-refractivity contribution in [1.29, 1.82) is 5.26 Å². The first kappa shape index (κ1) is 15.5. The topological polar surface area (TPSA) is 81.3 Å². The fourth-order valence-corrected chi connectivity index (χ4v) is 2.41. The van der Waals surface area contributed by atoms with Gasteiger partial charge in [0.05, 0.1) is 6.54 Å². The molecule has 1 aliphatic heterocycles. The average Bonchev–Trinajstić information content (AvgIpc) is 2.62. The summed E-state index contributed by atoms with van der Waals surface area (Å²) in [6, 6.07) is 2.50. The summed E-state index contributed by atoms with van der Waals surface area (Å²) in [6.07, 6.45) is 1.01. The van der Waals surface area contributed by atoms with Crippen molar-refractivity contribution in [2.75, 3.05) is 31.5 Å². The third kappa shape index (κ3) is 3.43. The SMILES string of the molecule is CCCN(CC(=O)Nc1oc(C)c(C)c1C#N)C1CNC1. The standard InChI is InChI=1S/C15H22N4O2/c1-4-5-19(12-7-17-8-12)9-14(20)18-15-13(6-16)10(2)11(3)21-15/h12,17H,4-5,7-9H2,1-3H3,(H,18,20). The molecule has 6 heteroatoms. The molecule has 0 saturated carbocycles. The Labute approximate surface area is 125 Å². The van der Waals surface area contributed by atoms with Crippen LogP contribution in [0, 0.1) is 25.2 Å². The van der Waals surface area contributed by atoms with Crippen molar-refractivity contribution in [3.8, 4) is 6.07 Å². The molecule has 1 aromatic rings. The van der Waals surface area contributed by atoms with Crippen LogP contribution in [0.25, 0.3) is 0 Å². The van der Waals surface area contributed by atoms with E-state index in [1.807, 2.05) is 6.92 Å². The van der Waals surface area contributed by atoms with Gasteiger partial charge in [-0.1, -0.05) is 6.92 Å². The van der Waals surface area contributed by atoms with Crippen LogP contribution in [0.3, 0.4) is 0 Å². The molecule has 1 amide bonds. The van der Waals surface area contributed by atoms with Crippen LogP contribution in [-0.2, 0) is 4.79 Å². The Balaban J connectivity index is 2.00. The molecule has 114 valence electrons. The zero-order valence-electron chi connectivity index (χ0n) is 12.8. The van der Waals surface area contributed by atoms with Crippen LogP contribution < -0.4 is 10.6 Å². The Kier molecular flexibility index (Phi) is 4.99. The van der Waals surface area contributed by atoms with Crippen molar-refractivity contribution >= 4 is 11.8 Å². The van der Waals surface area contributed by atoms with Gasteiger partial charge in [-0.2, -0.15) is 5.26 Å². The lowest BCUT2D eigenvalue weighted by Crippen LogP contribution is -2.58. The molecule has 2 heterocycles. The summed E-state index contributed by atoms with van der Waals surface area (Å²) in [5.74, 6) is 0.789. The van der Waals surface area contributed by atoms with E-state index >= 15 is 0 Å². The Morgan fingerprint density at radius 2 is 2.24 bits per heavy atom. The number of carbonyl (C=O) groups excluding carboxylic acids is 1. The number of nitrogens with one attached hydrogen (secondary N) is 2. The number of nitriles is 1. The third-order valence-electron chi connectivity index (χ3n) is 3.88. The maximum Gasteiger partial charge on any atom is 0.240 e. The van der Waals surface area contributed by atoms with Crippen LogP contribution in [0.15, 0.2) is 4.42 Å². The van der Waals surface area contributed by atoms with Gasteiger partial charge in [-0.05, 0) is 26.8 Å². The number of anilines is 1. The van der Waals surface area contributed by atoms with Gasteiger partial charge in [0.2, 0.25) is 11.8 Å². The third-order valence-corrected chi connectivity index (χ3v) is 3.88. The van der Waals surface area contributed by atoms with Gasteiger partial charge in [0.1, 0.15) is 17.4 Å². The van der Waals surface area contributed by atoms with Crippen molar-refractivity contribution in [1.82, 2.24) is 10.2 Å². The van der Waals surface area contributed by atoms with E-state index < -0.39 is 0 Å². The Morgan fingerprint density at radius 3 is 2.76 bits per heavy atom. The number of nitrogens with zero attached hydrogens (tertiary/aromatic N) is 2. The Hall–Kier alpha value is -1.84. The summed E-state index contributed by atoms with van der Waals surface area (Å²) >= 11 is 0. The molecule has 6 nitrogen and oxygen atoms in total. The zero-order valence-corrected chi connectivity index (χ0v) is 12.8. The fraction of sp³-hybridized carbons (Fsp3) is 0.600. The number of furan rings is 1. The van der Waals surface area contributed by atoms with E-state index in [0.29, 0.717) is 23.9 Å². The van der Waals surface area contributed by atoms with Gasteiger partial charge in [0, 0.05) is 24.7 Å².